The summed E-state index contributed by atoms with van der Waals surface area (Å²) in [6.07, 6.45) is 4.86. The molecule has 0 aromatic rings. The second-order valence-electron chi connectivity index (χ2n) is 4.93. The molecule has 1 heteroatoms. The van der Waals surface area contributed by atoms with E-state index in [1.165, 1.54) is 18.5 Å². The van der Waals surface area contributed by atoms with Crippen molar-refractivity contribution in [3.05, 3.63) is 11.8 Å². The highest BCUT2D eigenvalue weighted by Gasteiger charge is 2.19. The molecule has 1 heterocycles. The second-order valence-corrected chi connectivity index (χ2v) is 4.93. The highest BCUT2D eigenvalue weighted by Crippen LogP contribution is 2.27. The lowest BCUT2D eigenvalue weighted by Crippen LogP contribution is -2.28. The number of hydrogen-bond donors (Lipinski definition) is 1. The van der Waals surface area contributed by atoms with Gasteiger partial charge in [0.25, 0.3) is 0 Å². The number of hydrogen-bond acceptors (Lipinski definition) is 1. The van der Waals surface area contributed by atoms with Gasteiger partial charge < -0.3 is 5.32 Å². The van der Waals surface area contributed by atoms with Gasteiger partial charge in [-0.25, -0.2) is 0 Å². The Morgan fingerprint density at radius 2 is 2.17 bits per heavy atom. The van der Waals surface area contributed by atoms with Crippen LogP contribution >= 0.6 is 0 Å². The third kappa shape index (κ3) is 2.88. The number of rotatable bonds is 2. The van der Waals surface area contributed by atoms with Gasteiger partial charge in [-0.1, -0.05) is 33.8 Å². The minimum Gasteiger partial charge on any atom is -0.389 e. The molecule has 0 saturated heterocycles. The number of allylic oxidation sites excluding steroid dienone is 2. The normalized spacial score (nSPS) is 21.9. The predicted molar refractivity (Wildman–Crippen MR) is 53.9 cm³/mol. The fraction of sp³-hybridized carbons (Fsp3) is 0.818. The Hall–Kier alpha value is -0.460. The van der Waals surface area contributed by atoms with Crippen molar-refractivity contribution >= 4 is 0 Å². The van der Waals surface area contributed by atoms with Crippen LogP contribution in [0.15, 0.2) is 11.8 Å². The highest BCUT2D eigenvalue weighted by atomic mass is 14.9. The van der Waals surface area contributed by atoms with E-state index in [0.717, 1.165) is 12.5 Å². The standard InChI is InChI=1S/C11H21N/c1-9(2)7-10-8-11(3,4)5-6-12-10/h8-9,12H,5-7H2,1-4H3. The Morgan fingerprint density at radius 3 is 2.67 bits per heavy atom. The van der Waals surface area contributed by atoms with Crippen molar-refractivity contribution in [1.29, 1.82) is 0 Å². The van der Waals surface area contributed by atoms with Crippen molar-refractivity contribution in [2.24, 2.45) is 11.3 Å². The summed E-state index contributed by atoms with van der Waals surface area (Å²) in [7, 11) is 0. The zero-order valence-electron chi connectivity index (χ0n) is 8.78. The van der Waals surface area contributed by atoms with Crippen LogP contribution in [0.2, 0.25) is 0 Å². The van der Waals surface area contributed by atoms with Crippen LogP contribution in [0.1, 0.15) is 40.5 Å². The van der Waals surface area contributed by atoms with Crippen LogP contribution in [0.25, 0.3) is 0 Å². The van der Waals surface area contributed by atoms with Crippen LogP contribution in [-0.2, 0) is 0 Å². The molecule has 12 heavy (non-hydrogen) atoms. The SMILES string of the molecule is CC(C)CC1=CC(C)(C)CCN1. The van der Waals surface area contributed by atoms with Gasteiger partial charge in [0.15, 0.2) is 0 Å². The quantitative estimate of drug-likeness (QED) is 0.666. The van der Waals surface area contributed by atoms with Crippen molar-refractivity contribution in [3.63, 3.8) is 0 Å². The third-order valence-corrected chi connectivity index (χ3v) is 2.31. The van der Waals surface area contributed by atoms with Crippen LogP contribution in [0, 0.1) is 11.3 Å². The van der Waals surface area contributed by atoms with E-state index in [2.05, 4.69) is 39.1 Å². The Kier molecular flexibility index (Phi) is 2.81. The van der Waals surface area contributed by atoms with Crippen molar-refractivity contribution < 1.29 is 0 Å². The van der Waals surface area contributed by atoms with E-state index < -0.39 is 0 Å². The van der Waals surface area contributed by atoms with Gasteiger partial charge in [-0.15, -0.1) is 0 Å². The fourth-order valence-corrected chi connectivity index (χ4v) is 1.71. The van der Waals surface area contributed by atoms with Crippen LogP contribution in [-0.4, -0.2) is 6.54 Å². The van der Waals surface area contributed by atoms with E-state index in [1.54, 1.807) is 0 Å². The minimum absolute atomic E-state index is 0.412. The topological polar surface area (TPSA) is 12.0 Å². The molecule has 0 radical (unpaired) electrons. The molecule has 0 atom stereocenters. The van der Waals surface area contributed by atoms with Crippen LogP contribution in [0.4, 0.5) is 0 Å². The summed E-state index contributed by atoms with van der Waals surface area (Å²) in [6, 6.07) is 0. The van der Waals surface area contributed by atoms with E-state index in [0.29, 0.717) is 5.41 Å². The molecule has 0 fully saturated rings. The average molecular weight is 167 g/mol. The number of nitrogens with one attached hydrogen (secondary N) is 1. The molecule has 0 bridgehead atoms. The first-order valence-corrected chi connectivity index (χ1v) is 4.95. The zero-order chi connectivity index (χ0) is 9.19. The average Bonchev–Trinajstić information content (AvgIpc) is 1.82. The lowest BCUT2D eigenvalue weighted by Gasteiger charge is -2.29. The van der Waals surface area contributed by atoms with E-state index >= 15 is 0 Å². The first-order valence-electron chi connectivity index (χ1n) is 4.95. The summed E-state index contributed by atoms with van der Waals surface area (Å²) in [5.74, 6) is 0.762. The smallest absolute Gasteiger partial charge is 0.0151 e. The maximum Gasteiger partial charge on any atom is 0.0151 e. The summed E-state index contributed by atoms with van der Waals surface area (Å²) in [5, 5.41) is 3.47. The fourth-order valence-electron chi connectivity index (χ4n) is 1.71. The minimum atomic E-state index is 0.412. The molecule has 1 aliphatic rings. The molecule has 1 nitrogen and oxygen atoms in total. The van der Waals surface area contributed by atoms with Crippen molar-refractivity contribution in [2.45, 2.75) is 40.5 Å². The molecule has 0 saturated carbocycles. The molecule has 1 N–H and O–H groups in total. The van der Waals surface area contributed by atoms with Gasteiger partial charge in [-0.3, -0.25) is 0 Å². The van der Waals surface area contributed by atoms with Gasteiger partial charge in [-0.2, -0.15) is 0 Å². The molecular weight excluding hydrogens is 146 g/mol. The van der Waals surface area contributed by atoms with Crippen molar-refractivity contribution in [2.75, 3.05) is 6.54 Å². The van der Waals surface area contributed by atoms with Crippen LogP contribution in [0.5, 0.6) is 0 Å². The molecule has 0 spiro atoms. The summed E-state index contributed by atoms with van der Waals surface area (Å²) in [4.78, 5) is 0. The monoisotopic (exact) mass is 167 g/mol. The van der Waals surface area contributed by atoms with Gasteiger partial charge in [-0.05, 0) is 24.2 Å². The first-order chi connectivity index (χ1) is 5.49. The van der Waals surface area contributed by atoms with Crippen molar-refractivity contribution in [1.82, 2.24) is 5.32 Å². The Balaban J connectivity index is 2.58. The molecule has 0 aromatic heterocycles. The largest absolute Gasteiger partial charge is 0.389 e. The predicted octanol–water partition coefficient (Wildman–Crippen LogP) is 2.94. The summed E-state index contributed by atoms with van der Waals surface area (Å²) < 4.78 is 0. The van der Waals surface area contributed by atoms with E-state index in [4.69, 9.17) is 0 Å². The van der Waals surface area contributed by atoms with Gasteiger partial charge in [0, 0.05) is 12.2 Å². The molecule has 0 aromatic carbocycles. The van der Waals surface area contributed by atoms with Crippen LogP contribution < -0.4 is 5.32 Å². The van der Waals surface area contributed by atoms with E-state index in [-0.39, 0.29) is 0 Å². The molecular formula is C11H21N. The van der Waals surface area contributed by atoms with Crippen LogP contribution in [0.3, 0.4) is 0 Å². The second kappa shape index (κ2) is 3.51. The van der Waals surface area contributed by atoms with Crippen molar-refractivity contribution in [3.8, 4) is 0 Å². The first kappa shape index (κ1) is 9.63. The van der Waals surface area contributed by atoms with E-state index in [9.17, 15) is 0 Å². The Morgan fingerprint density at radius 1 is 1.50 bits per heavy atom. The lowest BCUT2D eigenvalue weighted by molar-refractivity contribution is 0.391. The molecule has 1 rings (SSSR count). The van der Waals surface area contributed by atoms with Gasteiger partial charge in [0.05, 0.1) is 0 Å². The molecule has 1 aliphatic heterocycles. The lowest BCUT2D eigenvalue weighted by atomic mass is 9.85. The zero-order valence-corrected chi connectivity index (χ0v) is 8.78. The molecule has 0 aliphatic carbocycles. The van der Waals surface area contributed by atoms with Gasteiger partial charge in [0.2, 0.25) is 0 Å². The van der Waals surface area contributed by atoms with Gasteiger partial charge in [0.1, 0.15) is 0 Å². The molecule has 0 amide bonds. The maximum absolute atomic E-state index is 3.47. The molecule has 0 unspecified atom stereocenters. The Bertz CT molecular complexity index is 177. The molecule has 70 valence electrons. The summed E-state index contributed by atoms with van der Waals surface area (Å²) in [6.45, 7) is 10.3. The maximum atomic E-state index is 3.47. The highest BCUT2D eigenvalue weighted by molar-refractivity contribution is 5.10. The Labute approximate surface area is 76.2 Å². The third-order valence-electron chi connectivity index (χ3n) is 2.31. The van der Waals surface area contributed by atoms with Gasteiger partial charge >= 0.3 is 0 Å². The van der Waals surface area contributed by atoms with E-state index in [1.807, 2.05) is 0 Å². The summed E-state index contributed by atoms with van der Waals surface area (Å²) >= 11 is 0. The summed E-state index contributed by atoms with van der Waals surface area (Å²) in [5.41, 5.74) is 1.86.